The summed E-state index contributed by atoms with van der Waals surface area (Å²) in [6, 6.07) is 6.28. The van der Waals surface area contributed by atoms with Crippen LogP contribution < -0.4 is 10.2 Å². The second-order valence-corrected chi connectivity index (χ2v) is 6.45. The second kappa shape index (κ2) is 6.44. The molecular weight excluding hydrogens is 342 g/mol. The van der Waals surface area contributed by atoms with Crippen LogP contribution in [0.1, 0.15) is 11.3 Å². The van der Waals surface area contributed by atoms with Crippen molar-refractivity contribution in [3.8, 4) is 10.6 Å². The topological polar surface area (TPSA) is 103 Å². The molecule has 0 atom stereocenters. The van der Waals surface area contributed by atoms with Crippen LogP contribution in [0.25, 0.3) is 10.6 Å². The van der Waals surface area contributed by atoms with Gasteiger partial charge in [-0.15, -0.1) is 0 Å². The van der Waals surface area contributed by atoms with E-state index < -0.39 is 4.92 Å². The molecule has 8 nitrogen and oxygen atoms in total. The lowest BCUT2D eigenvalue weighted by molar-refractivity contribution is -0.384. The van der Waals surface area contributed by atoms with E-state index in [0.29, 0.717) is 17.3 Å². The molecule has 0 saturated carbocycles. The third-order valence-electron chi connectivity index (χ3n) is 3.86. The van der Waals surface area contributed by atoms with Gasteiger partial charge in [-0.05, 0) is 25.5 Å². The first kappa shape index (κ1) is 16.8. The van der Waals surface area contributed by atoms with Crippen LogP contribution in [0.3, 0.4) is 0 Å². The molecule has 0 radical (unpaired) electrons. The molecule has 0 bridgehead atoms. The molecule has 2 heterocycles. The number of hydrogen-bond donors (Lipinski definition) is 1. The standard InChI is InChI=1S/C16H15N5O3S/c1-9-4-5-11(21(23)24)8-13(9)19-15-17-7-6-12(18-15)14-10(2)20(3)16(22)25-14/h4-8H,1-3H3,(H,17,18,19). The minimum atomic E-state index is -0.452. The summed E-state index contributed by atoms with van der Waals surface area (Å²) in [5, 5.41) is 14.0. The van der Waals surface area contributed by atoms with Gasteiger partial charge >= 0.3 is 4.87 Å². The first-order chi connectivity index (χ1) is 11.9. The van der Waals surface area contributed by atoms with Crippen molar-refractivity contribution < 1.29 is 4.92 Å². The number of rotatable bonds is 4. The maximum absolute atomic E-state index is 11.8. The summed E-state index contributed by atoms with van der Waals surface area (Å²) >= 11 is 1.12. The summed E-state index contributed by atoms with van der Waals surface area (Å²) < 4.78 is 1.57. The van der Waals surface area contributed by atoms with E-state index in [4.69, 9.17) is 0 Å². The fourth-order valence-electron chi connectivity index (χ4n) is 2.28. The molecule has 3 rings (SSSR count). The van der Waals surface area contributed by atoms with Gasteiger partial charge in [0.25, 0.3) is 5.69 Å². The van der Waals surface area contributed by atoms with Crippen LogP contribution in [-0.2, 0) is 7.05 Å². The van der Waals surface area contributed by atoms with Crippen LogP contribution in [0, 0.1) is 24.0 Å². The fourth-order valence-corrected chi connectivity index (χ4v) is 3.23. The molecule has 0 unspecified atom stereocenters. The smallest absolute Gasteiger partial charge is 0.307 e. The highest BCUT2D eigenvalue weighted by molar-refractivity contribution is 7.13. The van der Waals surface area contributed by atoms with Crippen LogP contribution in [0.15, 0.2) is 35.3 Å². The minimum absolute atomic E-state index is 0.0126. The molecule has 2 aromatic heterocycles. The SMILES string of the molecule is Cc1ccc([N+](=O)[O-])cc1Nc1nccc(-c2sc(=O)n(C)c2C)n1. The Hall–Kier alpha value is -3.07. The number of benzene rings is 1. The Kier molecular flexibility index (Phi) is 4.32. The average molecular weight is 357 g/mol. The lowest BCUT2D eigenvalue weighted by atomic mass is 10.2. The molecule has 9 heteroatoms. The number of aromatic nitrogens is 3. The lowest BCUT2D eigenvalue weighted by Crippen LogP contribution is -2.08. The van der Waals surface area contributed by atoms with Crippen molar-refractivity contribution >= 4 is 28.7 Å². The molecule has 0 spiro atoms. The van der Waals surface area contributed by atoms with Crippen LogP contribution in [0.5, 0.6) is 0 Å². The van der Waals surface area contributed by atoms with Gasteiger partial charge in [0, 0.05) is 31.1 Å². The van der Waals surface area contributed by atoms with Gasteiger partial charge in [0.1, 0.15) is 0 Å². The zero-order valence-electron chi connectivity index (χ0n) is 13.8. The van der Waals surface area contributed by atoms with E-state index in [1.54, 1.807) is 29.9 Å². The Morgan fingerprint density at radius 1 is 1.28 bits per heavy atom. The second-order valence-electron chi connectivity index (χ2n) is 5.49. The average Bonchev–Trinajstić information content (AvgIpc) is 2.84. The molecule has 1 N–H and O–H groups in total. The number of hydrogen-bond acceptors (Lipinski definition) is 7. The molecule has 1 aromatic carbocycles. The minimum Gasteiger partial charge on any atom is -0.324 e. The molecule has 25 heavy (non-hydrogen) atoms. The van der Waals surface area contributed by atoms with Crippen molar-refractivity contribution in [2.45, 2.75) is 13.8 Å². The van der Waals surface area contributed by atoms with E-state index in [0.717, 1.165) is 27.5 Å². The highest BCUT2D eigenvalue weighted by Crippen LogP contribution is 2.27. The lowest BCUT2D eigenvalue weighted by Gasteiger charge is -2.09. The van der Waals surface area contributed by atoms with Crippen molar-refractivity contribution in [2.75, 3.05) is 5.32 Å². The summed E-state index contributed by atoms with van der Waals surface area (Å²) in [6.07, 6.45) is 1.58. The third-order valence-corrected chi connectivity index (χ3v) is 5.02. The Labute approximate surface area is 147 Å². The van der Waals surface area contributed by atoms with E-state index in [9.17, 15) is 14.9 Å². The number of thiazole rings is 1. The Balaban J connectivity index is 1.98. The Bertz CT molecular complexity index is 1020. The highest BCUT2D eigenvalue weighted by atomic mass is 32.1. The van der Waals surface area contributed by atoms with Gasteiger partial charge in [-0.25, -0.2) is 9.97 Å². The van der Waals surface area contributed by atoms with Crippen molar-refractivity contribution in [1.82, 2.24) is 14.5 Å². The number of non-ortho nitro benzene ring substituents is 1. The molecule has 0 fully saturated rings. The molecular formula is C16H15N5O3S. The van der Waals surface area contributed by atoms with E-state index >= 15 is 0 Å². The molecule has 3 aromatic rings. The first-order valence-electron chi connectivity index (χ1n) is 7.38. The zero-order valence-corrected chi connectivity index (χ0v) is 14.6. The van der Waals surface area contributed by atoms with Gasteiger partial charge in [-0.1, -0.05) is 17.4 Å². The molecule has 0 aliphatic heterocycles. The van der Waals surface area contributed by atoms with Crippen LogP contribution in [0.2, 0.25) is 0 Å². The number of anilines is 2. The van der Waals surface area contributed by atoms with E-state index in [1.165, 1.54) is 12.1 Å². The van der Waals surface area contributed by atoms with Gasteiger partial charge in [0.2, 0.25) is 5.95 Å². The van der Waals surface area contributed by atoms with Gasteiger partial charge in [0.05, 0.1) is 21.2 Å². The maximum Gasteiger partial charge on any atom is 0.307 e. The van der Waals surface area contributed by atoms with Crippen LogP contribution in [-0.4, -0.2) is 19.5 Å². The number of nitrogens with zero attached hydrogens (tertiary/aromatic N) is 4. The summed E-state index contributed by atoms with van der Waals surface area (Å²) in [5.41, 5.74) is 2.83. The molecule has 0 amide bonds. The summed E-state index contributed by atoms with van der Waals surface area (Å²) in [6.45, 7) is 3.69. The Morgan fingerprint density at radius 3 is 2.68 bits per heavy atom. The highest BCUT2D eigenvalue weighted by Gasteiger charge is 2.14. The zero-order chi connectivity index (χ0) is 18.1. The molecule has 128 valence electrons. The fraction of sp³-hybridized carbons (Fsp3) is 0.188. The van der Waals surface area contributed by atoms with Crippen LogP contribution in [0.4, 0.5) is 17.3 Å². The summed E-state index contributed by atoms with van der Waals surface area (Å²) in [5.74, 6) is 0.309. The largest absolute Gasteiger partial charge is 0.324 e. The van der Waals surface area contributed by atoms with Crippen molar-refractivity contribution in [1.29, 1.82) is 0 Å². The number of nitro benzene ring substituents is 1. The number of nitro groups is 1. The Morgan fingerprint density at radius 2 is 2.04 bits per heavy atom. The molecule has 0 saturated heterocycles. The summed E-state index contributed by atoms with van der Waals surface area (Å²) in [4.78, 5) is 31.6. The van der Waals surface area contributed by atoms with Gasteiger partial charge in [-0.3, -0.25) is 14.9 Å². The molecule has 0 aliphatic carbocycles. The van der Waals surface area contributed by atoms with Crippen molar-refractivity contribution in [3.63, 3.8) is 0 Å². The van der Waals surface area contributed by atoms with E-state index in [-0.39, 0.29) is 10.6 Å². The van der Waals surface area contributed by atoms with E-state index in [2.05, 4.69) is 15.3 Å². The normalized spacial score (nSPS) is 10.7. The summed E-state index contributed by atoms with van der Waals surface area (Å²) in [7, 11) is 1.71. The number of aryl methyl sites for hydroxylation is 1. The predicted molar refractivity (Wildman–Crippen MR) is 96.4 cm³/mol. The van der Waals surface area contributed by atoms with Crippen LogP contribution >= 0.6 is 11.3 Å². The monoisotopic (exact) mass is 357 g/mol. The third kappa shape index (κ3) is 3.26. The molecule has 0 aliphatic rings. The predicted octanol–water partition coefficient (Wildman–Crippen LogP) is 3.17. The maximum atomic E-state index is 11.8. The quantitative estimate of drug-likeness (QED) is 0.568. The van der Waals surface area contributed by atoms with Crippen molar-refractivity contribution in [2.24, 2.45) is 7.05 Å². The van der Waals surface area contributed by atoms with Crippen molar-refractivity contribution in [3.05, 3.63) is 61.5 Å². The van der Waals surface area contributed by atoms with E-state index in [1.807, 2.05) is 13.8 Å². The van der Waals surface area contributed by atoms with Gasteiger partial charge in [0.15, 0.2) is 0 Å². The number of nitrogens with one attached hydrogen (secondary N) is 1. The van der Waals surface area contributed by atoms with Gasteiger partial charge in [-0.2, -0.15) is 0 Å². The first-order valence-corrected chi connectivity index (χ1v) is 8.20. The van der Waals surface area contributed by atoms with Gasteiger partial charge < -0.3 is 9.88 Å².